The molecule has 0 radical (unpaired) electrons. The molecule has 8 nitrogen and oxygen atoms in total. The number of nitrogens with zero attached hydrogens (tertiary/aromatic N) is 2. The van der Waals surface area contributed by atoms with Crippen LogP contribution in [0.1, 0.15) is 35.2 Å². The first-order valence-electron chi connectivity index (χ1n) is 14.0. The third kappa shape index (κ3) is 7.61. The average Bonchev–Trinajstić information content (AvgIpc) is 3.05. The zero-order valence-electron chi connectivity index (χ0n) is 24.1. The highest BCUT2D eigenvalue weighted by atomic mass is 79.9. The number of hydrogen-bond donors (Lipinski definition) is 2. The van der Waals surface area contributed by atoms with Gasteiger partial charge in [0.1, 0.15) is 11.3 Å². The monoisotopic (exact) mass is 697 g/mol. The number of piperidine rings is 1. The molecular weight excluding hydrogens is 666 g/mol. The maximum atomic E-state index is 14.1. The zero-order chi connectivity index (χ0) is 30.3. The number of rotatable bonds is 10. The first kappa shape index (κ1) is 33.0. The van der Waals surface area contributed by atoms with Crippen LogP contribution in [0.4, 0.5) is 17.1 Å². The number of nitrogens with one attached hydrogen (secondary N) is 1. The molecule has 4 aromatic carbocycles. The Hall–Kier alpha value is -3.86. The Morgan fingerprint density at radius 2 is 1.57 bits per heavy atom. The van der Waals surface area contributed by atoms with Gasteiger partial charge in [0.15, 0.2) is 0 Å². The van der Waals surface area contributed by atoms with Gasteiger partial charge in [0.05, 0.1) is 41.4 Å². The predicted molar refractivity (Wildman–Crippen MR) is 180 cm³/mol. The third-order valence-corrected chi connectivity index (χ3v) is 9.41. The quantitative estimate of drug-likeness (QED) is 0.167. The Morgan fingerprint density at radius 3 is 2.23 bits per heavy atom. The number of carbonyl (C=O) groups excluding carboxylic acids is 1. The van der Waals surface area contributed by atoms with Gasteiger partial charge in [-0.25, -0.2) is 14.0 Å². The van der Waals surface area contributed by atoms with Crippen LogP contribution in [-0.2, 0) is 22.0 Å². The summed E-state index contributed by atoms with van der Waals surface area (Å²) < 4.78 is 18.9. The number of carboxylic acids is 1. The summed E-state index contributed by atoms with van der Waals surface area (Å²) in [5.41, 5.74) is 6.18. The van der Waals surface area contributed by atoms with E-state index in [0.717, 1.165) is 31.6 Å². The Labute approximate surface area is 274 Å². The summed E-state index contributed by atoms with van der Waals surface area (Å²) in [6, 6.07) is 27.3. The van der Waals surface area contributed by atoms with E-state index in [2.05, 4.69) is 26.3 Å². The highest BCUT2D eigenvalue weighted by molar-refractivity contribution is 9.10. The van der Waals surface area contributed by atoms with Crippen molar-refractivity contribution in [3.05, 3.63) is 107 Å². The Bertz CT molecular complexity index is 1630. The number of benzene rings is 4. The molecule has 0 spiro atoms. The highest BCUT2D eigenvalue weighted by Gasteiger charge is 2.25. The average molecular weight is 699 g/mol. The number of methoxy groups -OCH3 is 1. The van der Waals surface area contributed by atoms with E-state index in [1.165, 1.54) is 24.6 Å². The first-order chi connectivity index (χ1) is 20.9. The van der Waals surface area contributed by atoms with Gasteiger partial charge in [0.2, 0.25) is 5.91 Å². The van der Waals surface area contributed by atoms with Gasteiger partial charge in [-0.1, -0.05) is 46.3 Å². The molecule has 11 heteroatoms. The summed E-state index contributed by atoms with van der Waals surface area (Å²) in [5, 5.41) is 11.1. The van der Waals surface area contributed by atoms with Gasteiger partial charge < -0.3 is 14.7 Å². The fraction of sp³-hybridized carbons (Fsp3) is 0.212. The number of para-hydroxylation sites is 2. The van der Waals surface area contributed by atoms with Crippen molar-refractivity contribution >= 4 is 68.1 Å². The lowest BCUT2D eigenvalue weighted by Crippen LogP contribution is -2.39. The third-order valence-electron chi connectivity index (χ3n) is 7.28. The molecule has 4 aromatic rings. The van der Waals surface area contributed by atoms with Crippen molar-refractivity contribution in [3.63, 3.8) is 0 Å². The van der Waals surface area contributed by atoms with E-state index >= 15 is 0 Å². The number of aromatic carboxylic acids is 1. The summed E-state index contributed by atoms with van der Waals surface area (Å²) in [6.07, 6.45) is 3.31. The Kier molecular flexibility index (Phi) is 11.4. The predicted octanol–water partition coefficient (Wildman–Crippen LogP) is 7.34. The van der Waals surface area contributed by atoms with Gasteiger partial charge in [-0.2, -0.15) is 0 Å². The van der Waals surface area contributed by atoms with Crippen LogP contribution in [0.5, 0.6) is 5.75 Å². The summed E-state index contributed by atoms with van der Waals surface area (Å²) >= 11 is 3.45. The molecule has 0 aromatic heterocycles. The summed E-state index contributed by atoms with van der Waals surface area (Å²) in [6.45, 7) is 1.80. The number of carbonyl (C=O) groups is 2. The fourth-order valence-electron chi connectivity index (χ4n) is 5.08. The Balaban J connectivity index is 0.00000442. The van der Waals surface area contributed by atoms with E-state index in [-0.39, 0.29) is 36.0 Å². The number of anilines is 3. The number of hydrogen-bond acceptors (Lipinski definition) is 6. The molecule has 1 saturated heterocycles. The molecule has 5 rings (SSSR count). The van der Waals surface area contributed by atoms with Crippen LogP contribution >= 0.6 is 28.3 Å². The second-order valence-electron chi connectivity index (χ2n) is 10.1. The van der Waals surface area contributed by atoms with Gasteiger partial charge in [0, 0.05) is 27.4 Å². The zero-order valence-corrected chi connectivity index (χ0v) is 27.3. The largest absolute Gasteiger partial charge is 0.496 e. The van der Waals surface area contributed by atoms with Crippen LogP contribution in [0.3, 0.4) is 0 Å². The number of carboxylic acid groups (broad SMARTS) is 1. The van der Waals surface area contributed by atoms with Gasteiger partial charge in [-0.3, -0.25) is 10.2 Å². The van der Waals surface area contributed by atoms with Crippen LogP contribution in [0.15, 0.2) is 105 Å². The molecule has 0 aliphatic carbocycles. The molecule has 0 saturated carbocycles. The second-order valence-corrected chi connectivity index (χ2v) is 12.4. The minimum absolute atomic E-state index is 0. The maximum absolute atomic E-state index is 14.1. The van der Waals surface area contributed by atoms with Gasteiger partial charge in [0.25, 0.3) is 0 Å². The lowest BCUT2D eigenvalue weighted by Gasteiger charge is -2.34. The van der Waals surface area contributed by atoms with E-state index in [0.29, 0.717) is 31.2 Å². The lowest BCUT2D eigenvalue weighted by atomic mass is 10.1. The molecule has 1 unspecified atom stereocenters. The smallest absolute Gasteiger partial charge is 0.339 e. The van der Waals surface area contributed by atoms with Crippen molar-refractivity contribution in [2.24, 2.45) is 0 Å². The normalized spacial score (nSPS) is 13.4. The van der Waals surface area contributed by atoms with Crippen molar-refractivity contribution in [3.8, 4) is 5.75 Å². The van der Waals surface area contributed by atoms with Crippen molar-refractivity contribution in [1.29, 1.82) is 0 Å². The molecule has 1 aliphatic heterocycles. The Morgan fingerprint density at radius 1 is 0.932 bits per heavy atom. The minimum atomic E-state index is -1.33. The van der Waals surface area contributed by atoms with Crippen LogP contribution < -0.4 is 20.1 Å². The number of ether oxygens (including phenoxy) is 1. The molecule has 44 heavy (non-hydrogen) atoms. The van der Waals surface area contributed by atoms with Crippen molar-refractivity contribution in [2.75, 3.05) is 35.5 Å². The summed E-state index contributed by atoms with van der Waals surface area (Å²) in [5.74, 6) is -1.20. The lowest BCUT2D eigenvalue weighted by molar-refractivity contribution is -0.117. The first-order valence-corrected chi connectivity index (χ1v) is 15.9. The molecule has 1 amide bonds. The molecular formula is C33H33BrClN3O5S. The van der Waals surface area contributed by atoms with E-state index in [1.54, 1.807) is 30.3 Å². The van der Waals surface area contributed by atoms with Gasteiger partial charge >= 0.3 is 5.97 Å². The van der Waals surface area contributed by atoms with Crippen LogP contribution in [0.2, 0.25) is 0 Å². The minimum Gasteiger partial charge on any atom is -0.496 e. The summed E-state index contributed by atoms with van der Waals surface area (Å²) in [4.78, 5) is 29.5. The standard InChI is InChI=1S/C33H32BrN3O5S.ClH/c1-42-31-20-23(28(34)22-27(31)33(39)40)21-32(38)37(30-13-7-6-12-29(30)36-18-8-3-9-19-36)35-24-14-16-26(17-15-24)43(41)25-10-4-2-5-11-25;/h2,4-7,10-17,20,22,35H,3,8-9,18-19,21H2,1H3,(H,39,40);1H. The van der Waals surface area contributed by atoms with Crippen LogP contribution in [0, 0.1) is 0 Å². The highest BCUT2D eigenvalue weighted by Crippen LogP contribution is 2.34. The molecule has 1 heterocycles. The van der Waals surface area contributed by atoms with E-state index < -0.39 is 16.8 Å². The molecule has 1 aliphatic rings. The van der Waals surface area contributed by atoms with E-state index in [9.17, 15) is 18.9 Å². The van der Waals surface area contributed by atoms with E-state index in [1.807, 2.05) is 54.6 Å². The van der Waals surface area contributed by atoms with Crippen molar-refractivity contribution in [1.82, 2.24) is 0 Å². The summed E-state index contributed by atoms with van der Waals surface area (Å²) in [7, 11) is 0.0700. The van der Waals surface area contributed by atoms with Crippen LogP contribution in [0.25, 0.3) is 0 Å². The van der Waals surface area contributed by atoms with Crippen molar-refractivity contribution in [2.45, 2.75) is 35.5 Å². The molecule has 230 valence electrons. The number of amides is 1. The van der Waals surface area contributed by atoms with Crippen LogP contribution in [-0.4, -0.2) is 41.4 Å². The molecule has 2 N–H and O–H groups in total. The maximum Gasteiger partial charge on any atom is 0.339 e. The molecule has 1 atom stereocenters. The topological polar surface area (TPSA) is 99.2 Å². The second kappa shape index (κ2) is 15.2. The fourth-order valence-corrected chi connectivity index (χ4v) is 6.63. The van der Waals surface area contributed by atoms with Gasteiger partial charge in [-0.15, -0.1) is 12.4 Å². The molecule has 1 fully saturated rings. The molecule has 0 bridgehead atoms. The number of halogens is 2. The van der Waals surface area contributed by atoms with Gasteiger partial charge in [-0.05, 0) is 85.5 Å². The van der Waals surface area contributed by atoms with Crippen molar-refractivity contribution < 1.29 is 23.6 Å². The SMILES string of the molecule is COc1cc(CC(=O)N(Nc2ccc(S(=O)c3ccccc3)cc2)c2ccccc2N2CCCCC2)c(Br)cc1C(=O)O.Cl. The van der Waals surface area contributed by atoms with E-state index in [4.69, 9.17) is 4.74 Å². The number of hydrazine groups is 1.